The van der Waals surface area contributed by atoms with Gasteiger partial charge in [0, 0.05) is 12.7 Å². The van der Waals surface area contributed by atoms with Gasteiger partial charge in [0.1, 0.15) is 0 Å². The number of fused-ring (bicyclic) bond motifs is 1. The fourth-order valence-electron chi connectivity index (χ4n) is 3.55. The minimum Gasteiger partial charge on any atom is -0.309 e. The summed E-state index contributed by atoms with van der Waals surface area (Å²) in [5.41, 5.74) is 3.07. The van der Waals surface area contributed by atoms with E-state index in [0.29, 0.717) is 22.6 Å². The third-order valence-corrected chi connectivity index (χ3v) is 5.14. The van der Waals surface area contributed by atoms with Gasteiger partial charge in [0.2, 0.25) is 0 Å². The Hall–Kier alpha value is -3.73. The molecule has 1 amide bonds. The Bertz CT molecular complexity index is 1230. The topological polar surface area (TPSA) is 55.2 Å². The number of benzene rings is 3. The third kappa shape index (κ3) is 3.31. The average Bonchev–Trinajstić information content (AvgIpc) is 3.06. The highest BCUT2D eigenvalue weighted by molar-refractivity contribution is 6.47. The summed E-state index contributed by atoms with van der Waals surface area (Å²) in [4.78, 5) is 27.4. The number of amides is 1. The van der Waals surface area contributed by atoms with Crippen molar-refractivity contribution in [3.8, 4) is 5.69 Å². The lowest BCUT2D eigenvalue weighted by atomic mass is 10.1. The summed E-state index contributed by atoms with van der Waals surface area (Å²) in [7, 11) is 1.62. The molecule has 3 aromatic carbocycles. The molecule has 0 aliphatic carbocycles. The Labute approximate surface area is 169 Å². The summed E-state index contributed by atoms with van der Waals surface area (Å²) in [5.74, 6) is -1.14. The van der Waals surface area contributed by atoms with Gasteiger partial charge in [-0.05, 0) is 48.9 Å². The molecule has 29 heavy (non-hydrogen) atoms. The van der Waals surface area contributed by atoms with E-state index in [1.807, 2.05) is 79.7 Å². The minimum absolute atomic E-state index is 0.353. The minimum atomic E-state index is -0.584. The molecule has 4 rings (SSSR count). The van der Waals surface area contributed by atoms with Crippen molar-refractivity contribution in [3.63, 3.8) is 0 Å². The van der Waals surface area contributed by atoms with Crippen molar-refractivity contribution < 1.29 is 9.59 Å². The van der Waals surface area contributed by atoms with E-state index in [-0.39, 0.29) is 0 Å². The zero-order chi connectivity index (χ0) is 20.5. The van der Waals surface area contributed by atoms with Crippen molar-refractivity contribution >= 4 is 28.2 Å². The molecule has 0 radical (unpaired) electrons. The number of carbonyl (C=O) groups is 2. The van der Waals surface area contributed by atoms with Gasteiger partial charge >= 0.3 is 0 Å². The number of aryl methyl sites for hydroxylation is 1. The van der Waals surface area contributed by atoms with E-state index in [0.717, 1.165) is 16.5 Å². The van der Waals surface area contributed by atoms with Crippen LogP contribution in [0.25, 0.3) is 16.5 Å². The van der Waals surface area contributed by atoms with Crippen LogP contribution in [0.1, 0.15) is 21.7 Å². The number of rotatable bonds is 4. The molecule has 5 nitrogen and oxygen atoms in total. The Balaban J connectivity index is 1.67. The van der Waals surface area contributed by atoms with Crippen LogP contribution >= 0.6 is 0 Å². The highest BCUT2D eigenvalue weighted by Crippen LogP contribution is 2.23. The molecular weight excluding hydrogens is 362 g/mol. The van der Waals surface area contributed by atoms with E-state index < -0.39 is 11.7 Å². The van der Waals surface area contributed by atoms with Crippen molar-refractivity contribution in [2.24, 2.45) is 0 Å². The molecule has 1 aromatic heterocycles. The Kier molecular flexibility index (Phi) is 4.72. The van der Waals surface area contributed by atoms with Crippen LogP contribution in [-0.2, 0) is 4.79 Å². The molecule has 0 saturated carbocycles. The van der Waals surface area contributed by atoms with Crippen LogP contribution < -0.4 is 4.90 Å². The Morgan fingerprint density at radius 3 is 2.24 bits per heavy atom. The lowest BCUT2D eigenvalue weighted by Crippen LogP contribution is -2.33. The van der Waals surface area contributed by atoms with Crippen molar-refractivity contribution in [1.82, 2.24) is 9.78 Å². The summed E-state index contributed by atoms with van der Waals surface area (Å²) in [6, 6.07) is 23.2. The normalized spacial score (nSPS) is 10.9. The second-order valence-corrected chi connectivity index (χ2v) is 7.02. The average molecular weight is 383 g/mol. The monoisotopic (exact) mass is 383 g/mol. The first-order valence-electron chi connectivity index (χ1n) is 9.40. The van der Waals surface area contributed by atoms with Crippen LogP contribution in [0.4, 0.5) is 5.69 Å². The van der Waals surface area contributed by atoms with Gasteiger partial charge in [-0.15, -0.1) is 0 Å². The van der Waals surface area contributed by atoms with Gasteiger partial charge in [-0.3, -0.25) is 9.59 Å². The highest BCUT2D eigenvalue weighted by Gasteiger charge is 2.28. The summed E-state index contributed by atoms with van der Waals surface area (Å²) < 4.78 is 1.70. The molecule has 0 saturated heterocycles. The molecule has 0 spiro atoms. The number of nitrogens with zero attached hydrogens (tertiary/aromatic N) is 3. The second-order valence-electron chi connectivity index (χ2n) is 7.02. The standard InChI is InChI=1S/C24H21N3O2/c1-16-22(17(2)27(25-16)20-11-5-4-6-12-20)23(28)24(29)26(3)21-14-13-18-9-7-8-10-19(18)15-21/h4-15H,1-3H3. The van der Waals surface area contributed by atoms with E-state index in [9.17, 15) is 9.59 Å². The Morgan fingerprint density at radius 2 is 1.52 bits per heavy atom. The molecule has 0 unspecified atom stereocenters. The van der Waals surface area contributed by atoms with Gasteiger partial charge in [-0.1, -0.05) is 48.5 Å². The number of para-hydroxylation sites is 1. The van der Waals surface area contributed by atoms with Crippen LogP contribution in [0.2, 0.25) is 0 Å². The van der Waals surface area contributed by atoms with Crippen molar-refractivity contribution in [1.29, 1.82) is 0 Å². The molecule has 0 aliphatic heterocycles. The molecule has 144 valence electrons. The maximum atomic E-state index is 13.1. The number of likely N-dealkylation sites (N-methyl/N-ethyl adjacent to an activating group) is 1. The number of ketones is 1. The zero-order valence-electron chi connectivity index (χ0n) is 16.6. The maximum absolute atomic E-state index is 13.1. The fraction of sp³-hybridized carbons (Fsp3) is 0.125. The molecular formula is C24H21N3O2. The van der Waals surface area contributed by atoms with Crippen LogP contribution in [-0.4, -0.2) is 28.5 Å². The molecule has 4 aromatic rings. The lowest BCUT2D eigenvalue weighted by Gasteiger charge is -2.17. The number of Topliss-reactive ketones (excluding diaryl/α,β-unsaturated/α-hetero) is 1. The lowest BCUT2D eigenvalue weighted by molar-refractivity contribution is -0.114. The van der Waals surface area contributed by atoms with E-state index in [4.69, 9.17) is 0 Å². The predicted molar refractivity (Wildman–Crippen MR) is 115 cm³/mol. The maximum Gasteiger partial charge on any atom is 0.299 e. The molecule has 0 N–H and O–H groups in total. The first kappa shape index (κ1) is 18.6. The largest absolute Gasteiger partial charge is 0.309 e. The molecule has 0 bridgehead atoms. The van der Waals surface area contributed by atoms with Crippen LogP contribution in [0.3, 0.4) is 0 Å². The van der Waals surface area contributed by atoms with Gasteiger partial charge < -0.3 is 4.90 Å². The van der Waals surface area contributed by atoms with Crippen molar-refractivity contribution in [2.75, 3.05) is 11.9 Å². The first-order valence-corrected chi connectivity index (χ1v) is 9.40. The second kappa shape index (κ2) is 7.36. The molecule has 0 aliphatic rings. The smallest absolute Gasteiger partial charge is 0.299 e. The number of anilines is 1. The van der Waals surface area contributed by atoms with Crippen molar-refractivity contribution in [3.05, 3.63) is 89.7 Å². The van der Waals surface area contributed by atoms with Gasteiger partial charge in [-0.2, -0.15) is 5.10 Å². The number of aromatic nitrogens is 2. The Morgan fingerprint density at radius 1 is 0.862 bits per heavy atom. The summed E-state index contributed by atoms with van der Waals surface area (Å²) in [5, 5.41) is 6.58. The first-order chi connectivity index (χ1) is 14.0. The highest BCUT2D eigenvalue weighted by atomic mass is 16.2. The summed E-state index contributed by atoms with van der Waals surface area (Å²) in [6.07, 6.45) is 0. The van der Waals surface area contributed by atoms with E-state index >= 15 is 0 Å². The van der Waals surface area contributed by atoms with E-state index in [1.54, 1.807) is 18.7 Å². The van der Waals surface area contributed by atoms with Gasteiger partial charge in [0.25, 0.3) is 11.7 Å². The van der Waals surface area contributed by atoms with Crippen LogP contribution in [0.5, 0.6) is 0 Å². The molecule has 1 heterocycles. The predicted octanol–water partition coefficient (Wildman–Crippen LogP) is 4.49. The fourth-order valence-corrected chi connectivity index (χ4v) is 3.55. The van der Waals surface area contributed by atoms with Gasteiger partial charge in [0.15, 0.2) is 0 Å². The molecule has 5 heteroatoms. The number of carbonyl (C=O) groups excluding carboxylic acids is 2. The third-order valence-electron chi connectivity index (χ3n) is 5.14. The van der Waals surface area contributed by atoms with E-state index in [2.05, 4.69) is 5.10 Å². The summed E-state index contributed by atoms with van der Waals surface area (Å²) >= 11 is 0. The zero-order valence-corrected chi connectivity index (χ0v) is 16.6. The van der Waals surface area contributed by atoms with Gasteiger partial charge in [-0.25, -0.2) is 4.68 Å². The molecule has 0 fully saturated rings. The molecule has 0 atom stereocenters. The van der Waals surface area contributed by atoms with Crippen molar-refractivity contribution in [2.45, 2.75) is 13.8 Å². The van der Waals surface area contributed by atoms with E-state index in [1.165, 1.54) is 4.90 Å². The quantitative estimate of drug-likeness (QED) is 0.385. The SMILES string of the molecule is Cc1nn(-c2ccccc2)c(C)c1C(=O)C(=O)N(C)c1ccc2ccccc2c1. The van der Waals surface area contributed by atoms with Crippen LogP contribution in [0, 0.1) is 13.8 Å². The van der Waals surface area contributed by atoms with Crippen LogP contribution in [0.15, 0.2) is 72.8 Å². The van der Waals surface area contributed by atoms with Gasteiger partial charge in [0.05, 0.1) is 22.6 Å². The summed E-state index contributed by atoms with van der Waals surface area (Å²) in [6.45, 7) is 3.56. The number of hydrogen-bond acceptors (Lipinski definition) is 3. The number of hydrogen-bond donors (Lipinski definition) is 0.